The second-order valence-electron chi connectivity index (χ2n) is 6.20. The molecule has 1 aromatic carbocycles. The van der Waals surface area contributed by atoms with Gasteiger partial charge < -0.3 is 10.1 Å². The number of aryl methyl sites for hydroxylation is 2. The second kappa shape index (κ2) is 7.34. The third-order valence-electron chi connectivity index (χ3n) is 4.58. The van der Waals surface area contributed by atoms with E-state index in [0.717, 1.165) is 35.6 Å². The van der Waals surface area contributed by atoms with Gasteiger partial charge in [-0.15, -0.1) is 11.3 Å². The first-order valence-electron chi connectivity index (χ1n) is 8.49. The maximum atomic E-state index is 12.3. The standard InChI is InChI=1S/C19H24N2O2S/c1-4-16-12(2)24-18(21-16)9-10-20-19(22)15-11-14(15)13-7-5-6-8-17(13)23-3/h5-8,14-15H,4,9-11H2,1-3H3,(H,20,22)/t14-,15+/m0/s1. The zero-order valence-electron chi connectivity index (χ0n) is 14.5. The predicted molar refractivity (Wildman–Crippen MR) is 96.8 cm³/mol. The lowest BCUT2D eigenvalue weighted by atomic mass is 10.1. The molecule has 4 nitrogen and oxygen atoms in total. The SMILES string of the molecule is CCc1nc(CCNC(=O)[C@@H]2C[C@H]2c2ccccc2OC)sc1C. The lowest BCUT2D eigenvalue weighted by Crippen LogP contribution is -2.27. The summed E-state index contributed by atoms with van der Waals surface area (Å²) < 4.78 is 5.40. The average molecular weight is 344 g/mol. The minimum atomic E-state index is 0.0746. The molecule has 1 aliphatic rings. The van der Waals surface area contributed by atoms with Crippen molar-refractivity contribution in [2.45, 2.75) is 39.0 Å². The first kappa shape index (κ1) is 17.0. The van der Waals surface area contributed by atoms with Crippen LogP contribution in [0.4, 0.5) is 0 Å². The number of carbonyl (C=O) groups excluding carboxylic acids is 1. The Balaban J connectivity index is 1.50. The highest BCUT2D eigenvalue weighted by Crippen LogP contribution is 2.50. The number of hydrogen-bond acceptors (Lipinski definition) is 4. The van der Waals surface area contributed by atoms with Gasteiger partial charge in [0.25, 0.3) is 0 Å². The van der Waals surface area contributed by atoms with Crippen molar-refractivity contribution in [3.05, 3.63) is 45.4 Å². The zero-order chi connectivity index (χ0) is 17.1. The van der Waals surface area contributed by atoms with Gasteiger partial charge in [0.2, 0.25) is 5.91 Å². The predicted octanol–water partition coefficient (Wildman–Crippen LogP) is 3.48. The largest absolute Gasteiger partial charge is 0.496 e. The molecule has 1 N–H and O–H groups in total. The van der Waals surface area contributed by atoms with Crippen molar-refractivity contribution in [3.63, 3.8) is 0 Å². The number of aromatic nitrogens is 1. The van der Waals surface area contributed by atoms with Crippen LogP contribution in [0, 0.1) is 12.8 Å². The topological polar surface area (TPSA) is 51.2 Å². The van der Waals surface area contributed by atoms with Crippen LogP contribution >= 0.6 is 11.3 Å². The Labute approximate surface area is 147 Å². The number of methoxy groups -OCH3 is 1. The molecular weight excluding hydrogens is 320 g/mol. The fraction of sp³-hybridized carbons (Fsp3) is 0.474. The van der Waals surface area contributed by atoms with Crippen LogP contribution < -0.4 is 10.1 Å². The number of amides is 1. The summed E-state index contributed by atoms with van der Waals surface area (Å²) in [6, 6.07) is 7.97. The van der Waals surface area contributed by atoms with Crippen LogP contribution in [0.2, 0.25) is 0 Å². The summed E-state index contributed by atoms with van der Waals surface area (Å²) in [6.07, 6.45) is 2.68. The lowest BCUT2D eigenvalue weighted by molar-refractivity contribution is -0.122. The molecule has 1 aromatic heterocycles. The molecule has 3 rings (SSSR count). The molecule has 5 heteroatoms. The van der Waals surface area contributed by atoms with Gasteiger partial charge in [-0.1, -0.05) is 25.1 Å². The molecule has 0 saturated heterocycles. The Morgan fingerprint density at radius 1 is 1.42 bits per heavy atom. The number of para-hydroxylation sites is 1. The molecule has 0 spiro atoms. The Morgan fingerprint density at radius 3 is 2.92 bits per heavy atom. The summed E-state index contributed by atoms with van der Waals surface area (Å²) in [5, 5.41) is 4.18. The highest BCUT2D eigenvalue weighted by atomic mass is 32.1. The van der Waals surface area contributed by atoms with Crippen molar-refractivity contribution >= 4 is 17.2 Å². The fourth-order valence-electron chi connectivity index (χ4n) is 3.15. The van der Waals surface area contributed by atoms with Gasteiger partial charge in [0, 0.05) is 23.8 Å². The van der Waals surface area contributed by atoms with E-state index in [1.165, 1.54) is 10.6 Å². The molecule has 2 aromatic rings. The number of nitrogens with zero attached hydrogens (tertiary/aromatic N) is 1. The van der Waals surface area contributed by atoms with Crippen molar-refractivity contribution in [2.24, 2.45) is 5.92 Å². The van der Waals surface area contributed by atoms with E-state index in [2.05, 4.69) is 30.2 Å². The number of carbonyl (C=O) groups is 1. The monoisotopic (exact) mass is 344 g/mol. The van der Waals surface area contributed by atoms with Gasteiger partial charge in [-0.2, -0.15) is 0 Å². The third-order valence-corrected chi connectivity index (χ3v) is 5.65. The van der Waals surface area contributed by atoms with E-state index in [0.29, 0.717) is 6.54 Å². The van der Waals surface area contributed by atoms with Gasteiger partial charge in [0.15, 0.2) is 0 Å². The first-order chi connectivity index (χ1) is 11.6. The third kappa shape index (κ3) is 3.61. The summed E-state index contributed by atoms with van der Waals surface area (Å²) in [6.45, 7) is 4.89. The number of rotatable bonds is 7. The minimum absolute atomic E-state index is 0.0746. The van der Waals surface area contributed by atoms with Crippen molar-refractivity contribution < 1.29 is 9.53 Å². The summed E-state index contributed by atoms with van der Waals surface area (Å²) in [7, 11) is 1.68. The van der Waals surface area contributed by atoms with Gasteiger partial charge in [0.1, 0.15) is 5.75 Å². The Hall–Kier alpha value is -1.88. The normalized spacial score (nSPS) is 19.1. The molecule has 1 fully saturated rings. The van der Waals surface area contributed by atoms with Crippen LogP contribution in [0.25, 0.3) is 0 Å². The smallest absolute Gasteiger partial charge is 0.223 e. The van der Waals surface area contributed by atoms with Crippen LogP contribution in [-0.4, -0.2) is 24.5 Å². The summed E-state index contributed by atoms with van der Waals surface area (Å²) in [5.41, 5.74) is 2.32. The number of benzene rings is 1. The molecule has 1 amide bonds. The van der Waals surface area contributed by atoms with Gasteiger partial charge >= 0.3 is 0 Å². The van der Waals surface area contributed by atoms with E-state index >= 15 is 0 Å². The van der Waals surface area contributed by atoms with E-state index < -0.39 is 0 Å². The molecule has 1 heterocycles. The minimum Gasteiger partial charge on any atom is -0.496 e. The van der Waals surface area contributed by atoms with Gasteiger partial charge in [-0.25, -0.2) is 4.98 Å². The molecule has 0 unspecified atom stereocenters. The molecule has 1 aliphatic carbocycles. The molecule has 0 aliphatic heterocycles. The van der Waals surface area contributed by atoms with Crippen LogP contribution in [-0.2, 0) is 17.6 Å². The maximum Gasteiger partial charge on any atom is 0.223 e. The number of ether oxygens (including phenoxy) is 1. The number of nitrogens with one attached hydrogen (secondary N) is 1. The van der Waals surface area contributed by atoms with Crippen molar-refractivity contribution in [1.29, 1.82) is 0 Å². The van der Waals surface area contributed by atoms with E-state index in [1.807, 2.05) is 18.2 Å². The van der Waals surface area contributed by atoms with E-state index in [9.17, 15) is 4.79 Å². The van der Waals surface area contributed by atoms with E-state index in [-0.39, 0.29) is 17.7 Å². The first-order valence-corrected chi connectivity index (χ1v) is 9.31. The fourth-order valence-corrected chi connectivity index (χ4v) is 4.17. The maximum absolute atomic E-state index is 12.3. The molecular formula is C19H24N2O2S. The van der Waals surface area contributed by atoms with Crippen LogP contribution in [0.3, 0.4) is 0 Å². The quantitative estimate of drug-likeness (QED) is 0.836. The summed E-state index contributed by atoms with van der Waals surface area (Å²) >= 11 is 1.74. The van der Waals surface area contributed by atoms with E-state index in [1.54, 1.807) is 18.4 Å². The Bertz CT molecular complexity index is 726. The second-order valence-corrected chi connectivity index (χ2v) is 7.48. The van der Waals surface area contributed by atoms with Gasteiger partial charge in [-0.3, -0.25) is 4.79 Å². The molecule has 0 radical (unpaired) electrons. The number of thiazole rings is 1. The van der Waals surface area contributed by atoms with Crippen LogP contribution in [0.15, 0.2) is 24.3 Å². The Kier molecular flexibility index (Phi) is 5.19. The van der Waals surface area contributed by atoms with Gasteiger partial charge in [-0.05, 0) is 37.3 Å². The van der Waals surface area contributed by atoms with Crippen molar-refractivity contribution in [2.75, 3.05) is 13.7 Å². The number of hydrogen-bond donors (Lipinski definition) is 1. The highest BCUT2D eigenvalue weighted by molar-refractivity contribution is 7.11. The van der Waals surface area contributed by atoms with Crippen LogP contribution in [0.5, 0.6) is 5.75 Å². The van der Waals surface area contributed by atoms with Crippen LogP contribution in [0.1, 0.15) is 40.4 Å². The Morgan fingerprint density at radius 2 is 2.21 bits per heavy atom. The van der Waals surface area contributed by atoms with E-state index in [4.69, 9.17) is 4.74 Å². The van der Waals surface area contributed by atoms with Crippen molar-refractivity contribution in [1.82, 2.24) is 10.3 Å². The lowest BCUT2D eigenvalue weighted by Gasteiger charge is -2.08. The highest BCUT2D eigenvalue weighted by Gasteiger charge is 2.45. The molecule has 24 heavy (non-hydrogen) atoms. The zero-order valence-corrected chi connectivity index (χ0v) is 15.3. The molecule has 0 bridgehead atoms. The summed E-state index contributed by atoms with van der Waals surface area (Å²) in [4.78, 5) is 18.2. The molecule has 2 atom stereocenters. The van der Waals surface area contributed by atoms with Crippen molar-refractivity contribution in [3.8, 4) is 5.75 Å². The average Bonchev–Trinajstić information content (AvgIpc) is 3.32. The molecule has 128 valence electrons. The molecule has 1 saturated carbocycles. The van der Waals surface area contributed by atoms with Gasteiger partial charge in [0.05, 0.1) is 17.8 Å². The summed E-state index contributed by atoms with van der Waals surface area (Å²) in [5.74, 6) is 1.39.